The van der Waals surface area contributed by atoms with E-state index in [1.807, 2.05) is 78.9 Å². The Labute approximate surface area is 447 Å². The smallest absolute Gasteiger partial charge is 0.143 e. The lowest BCUT2D eigenvalue weighted by molar-refractivity contribution is 0.659. The van der Waals surface area contributed by atoms with Crippen LogP contribution in [0.15, 0.2) is 240 Å². The molecule has 1 spiro atoms. The van der Waals surface area contributed by atoms with Crippen molar-refractivity contribution in [2.45, 2.75) is 30.5 Å². The van der Waals surface area contributed by atoms with E-state index in [2.05, 4.69) is 0 Å². The first kappa shape index (κ1) is 21.0. The van der Waals surface area contributed by atoms with Crippen LogP contribution < -0.4 is 0 Å². The average Bonchev–Trinajstić information content (AvgIpc) is 1.48. The van der Waals surface area contributed by atoms with Crippen LogP contribution in [0.5, 0.6) is 0 Å². The monoisotopic (exact) mass is 919 g/mol. The molecule has 1 heterocycles. The lowest BCUT2D eigenvalue weighted by Crippen LogP contribution is -2.26. The van der Waals surface area contributed by atoms with Gasteiger partial charge in [0, 0.05) is 41.5 Å². The number of rotatable bonds is 5. The van der Waals surface area contributed by atoms with Crippen molar-refractivity contribution < 1.29 is 42.8 Å². The molecule has 0 fully saturated rings. The van der Waals surface area contributed by atoms with Crippen molar-refractivity contribution in [1.29, 1.82) is 0 Å². The van der Waals surface area contributed by atoms with Gasteiger partial charge in [0.05, 0.1) is 35.6 Å². The van der Waals surface area contributed by atoms with E-state index in [-0.39, 0.29) is 5.56 Å². The number of hydrogen-bond donors (Lipinski definition) is 0. The maximum Gasteiger partial charge on any atom is 0.143 e. The van der Waals surface area contributed by atoms with Crippen LogP contribution in [-0.2, 0) is 10.8 Å². The largest absolute Gasteiger partial charge is 0.455 e. The lowest BCUT2D eigenvalue weighted by atomic mass is 9.69. The summed E-state index contributed by atoms with van der Waals surface area (Å²) < 4.78 is 273. The highest BCUT2D eigenvalue weighted by molar-refractivity contribution is 6.14. The van der Waals surface area contributed by atoms with Gasteiger partial charge in [0.1, 0.15) is 11.2 Å². The van der Waals surface area contributed by atoms with Crippen LogP contribution in [0.25, 0.3) is 88.3 Å². The third-order valence-electron chi connectivity index (χ3n) is 14.1. The highest BCUT2D eigenvalue weighted by Gasteiger charge is 2.51. The minimum Gasteiger partial charge on any atom is -0.455 e. The molecule has 0 saturated carbocycles. The molecule has 1 heteroatoms. The summed E-state index contributed by atoms with van der Waals surface area (Å²) in [6.45, 7) is -7.80. The number of benzene rings is 11. The van der Waals surface area contributed by atoms with Crippen molar-refractivity contribution in [3.63, 3.8) is 0 Å². The molecule has 1 nitrogen and oxygen atoms in total. The number of hydrogen-bond acceptors (Lipinski definition) is 1. The highest BCUT2D eigenvalue weighted by atomic mass is 16.3. The second-order valence-electron chi connectivity index (χ2n) is 17.6. The van der Waals surface area contributed by atoms with Crippen LogP contribution in [0, 0.1) is 0 Å². The van der Waals surface area contributed by atoms with E-state index in [4.69, 9.17) is 11.3 Å². The Bertz CT molecular complexity index is 5590. The minimum absolute atomic E-state index is 0.129. The molecule has 0 saturated heterocycles. The fourth-order valence-electron chi connectivity index (χ4n) is 11.1. The quantitative estimate of drug-likeness (QED) is 0.157. The zero-order valence-electron chi connectivity index (χ0n) is 64.3. The third-order valence-corrected chi connectivity index (χ3v) is 14.1. The van der Waals surface area contributed by atoms with E-state index < -0.39 is 241 Å². The Kier molecular flexibility index (Phi) is 4.35. The van der Waals surface area contributed by atoms with Gasteiger partial charge in [-0.25, -0.2) is 0 Å². The van der Waals surface area contributed by atoms with Crippen molar-refractivity contribution >= 4 is 32.7 Å². The molecular weight excluding hydrogens is 845 g/mol. The van der Waals surface area contributed by atoms with Gasteiger partial charge in [0.15, 0.2) is 0 Å². The Morgan fingerprint density at radius 3 is 1.61 bits per heavy atom. The molecular formula is C69H46O. The Hall–Kier alpha value is -8.52. The van der Waals surface area contributed by atoms with Crippen LogP contribution in [0.1, 0.15) is 108 Å². The molecule has 0 N–H and O–H groups in total. The molecule has 0 radical (unpaired) electrons. The summed E-state index contributed by atoms with van der Waals surface area (Å²) in [6, 6.07) is 9.24. The van der Waals surface area contributed by atoms with Crippen LogP contribution in [0.2, 0.25) is 0 Å². The molecule has 15 rings (SSSR count). The summed E-state index contributed by atoms with van der Waals surface area (Å²) in [7, 11) is 0. The van der Waals surface area contributed by atoms with Crippen molar-refractivity contribution in [2.75, 3.05) is 0 Å². The van der Waals surface area contributed by atoms with Crippen LogP contribution in [-0.4, -0.2) is 0 Å². The predicted molar refractivity (Wildman–Crippen MR) is 290 cm³/mol. The molecule has 0 aliphatic heterocycles. The molecule has 0 bridgehead atoms. The molecule has 328 valence electrons. The van der Waals surface area contributed by atoms with Crippen molar-refractivity contribution in [3.8, 4) is 55.6 Å². The van der Waals surface area contributed by atoms with Crippen LogP contribution in [0.4, 0.5) is 0 Å². The fraction of sp³-hybridized carbons (Fsp3) is 0.0725. The minimum atomic E-state index is -3.90. The normalized spacial score (nSPS) is 20.6. The maximum absolute atomic E-state index is 11.0. The Morgan fingerprint density at radius 2 is 0.943 bits per heavy atom. The van der Waals surface area contributed by atoms with E-state index in [1.54, 1.807) is 12.1 Å². The van der Waals surface area contributed by atoms with E-state index in [0.717, 1.165) is 21.5 Å². The summed E-state index contributed by atoms with van der Waals surface area (Å²) in [5.74, 6) is -2.16. The summed E-state index contributed by atoms with van der Waals surface area (Å²) >= 11 is 0. The summed E-state index contributed by atoms with van der Waals surface area (Å²) in [5.41, 5.74) is -13.2. The molecule has 0 amide bonds. The third kappa shape index (κ3) is 5.27. The van der Waals surface area contributed by atoms with E-state index in [0.29, 0.717) is 33.4 Å². The molecule has 1 aromatic heterocycles. The van der Waals surface area contributed by atoms with Crippen molar-refractivity contribution in [3.05, 3.63) is 286 Å². The van der Waals surface area contributed by atoms with Crippen molar-refractivity contribution in [2.24, 2.45) is 0 Å². The lowest BCUT2D eigenvalue weighted by Gasteiger charge is -2.31. The van der Waals surface area contributed by atoms with Gasteiger partial charge in [-0.05, 0) is 111 Å². The molecule has 1 unspecified atom stereocenters. The van der Waals surface area contributed by atoms with E-state index >= 15 is 0 Å². The van der Waals surface area contributed by atoms with Crippen LogP contribution in [0.3, 0.4) is 0 Å². The molecule has 3 aliphatic carbocycles. The second-order valence-corrected chi connectivity index (χ2v) is 17.6. The van der Waals surface area contributed by atoms with Gasteiger partial charge in [-0.2, -0.15) is 0 Å². The van der Waals surface area contributed by atoms with Gasteiger partial charge in [-0.15, -0.1) is 0 Å². The number of furan rings is 1. The van der Waals surface area contributed by atoms with Gasteiger partial charge >= 0.3 is 0 Å². The van der Waals surface area contributed by atoms with E-state index in [1.165, 1.54) is 12.1 Å². The second kappa shape index (κ2) is 14.5. The molecule has 1 atom stereocenters. The Balaban J connectivity index is 1.11. The molecule has 70 heavy (non-hydrogen) atoms. The summed E-state index contributed by atoms with van der Waals surface area (Å²) in [6.07, 6.45) is 0. The molecule has 11 aromatic carbocycles. The van der Waals surface area contributed by atoms with Gasteiger partial charge in [-0.3, -0.25) is 0 Å². The number of para-hydroxylation sites is 2. The average molecular weight is 919 g/mol. The summed E-state index contributed by atoms with van der Waals surface area (Å²) in [4.78, 5) is 0. The first-order chi connectivity index (χ1) is 46.1. The fourth-order valence-corrected chi connectivity index (χ4v) is 11.1. The first-order valence-electron chi connectivity index (χ1n) is 36.4. The van der Waals surface area contributed by atoms with Gasteiger partial charge in [0.25, 0.3) is 0 Å². The SMILES string of the molecule is [2H]c1c([2H])c([2H])c2c(c1[2H])-c1c([2H])c([2H])c([2H])c([2H])c1C21c2c([2H])c([2H])c([2H])c([2H])c2-c2c([2H])c([2H])c(C(c3ccc(-c4ccc5ccccc5c4-c4cccc5c4oc4ccccc45)cc3)c3c([2H])c([2H])c4c(c3[2H])C(C([2H])([2H])[2H])(C([2H])([2H])[2H])c3c([2H])c([2H])c([2H])c([2H])c3-4)c([2H])c21. The zero-order chi connectivity index (χ0) is 70.4. The Morgan fingerprint density at radius 1 is 0.400 bits per heavy atom. The number of fused-ring (bicyclic) bond motifs is 17. The topological polar surface area (TPSA) is 13.1 Å². The molecule has 3 aliphatic rings. The van der Waals surface area contributed by atoms with Crippen LogP contribution >= 0.6 is 0 Å². The maximum atomic E-state index is 11.0. The van der Waals surface area contributed by atoms with Gasteiger partial charge < -0.3 is 4.42 Å². The zero-order valence-corrected chi connectivity index (χ0v) is 36.3. The first-order valence-corrected chi connectivity index (χ1v) is 22.4. The predicted octanol–water partition coefficient (Wildman–Crippen LogP) is 17.9. The highest BCUT2D eigenvalue weighted by Crippen LogP contribution is 2.63. The van der Waals surface area contributed by atoms with Gasteiger partial charge in [-0.1, -0.05) is 244 Å². The standard InChI is InChI=1S/C69H46O/c1-68(2)58-25-10-5-18-49(58)53-38-35-45(40-62(53)68)65(46-36-39-54-52-21-8-13-28-61(52)69(63(54)41-46)59-26-11-6-19-50(59)51-20-7-12-27-60(51)69)44-32-30-43(31-33-44)48-37-34-42-16-3-4-17-47(42)66(48)57-24-15-23-56-55-22-9-14-29-64(55)70-67(56)57/h3-41,65H,1-2H3/i1D3,2D3,5D,6D,7D,8D,10D,11D,12D,13D,18D,19D,20D,21D,25D,26D,27D,28D,35D,36D,38D,39D,40D,41D. The van der Waals surface area contributed by atoms with Crippen molar-refractivity contribution in [1.82, 2.24) is 0 Å². The van der Waals surface area contributed by atoms with Gasteiger partial charge in [0.2, 0.25) is 0 Å². The van der Waals surface area contributed by atoms with E-state index in [9.17, 15) is 31.5 Å². The summed E-state index contributed by atoms with van der Waals surface area (Å²) in [5, 5.41) is 3.29. The molecule has 12 aromatic rings.